The fraction of sp³-hybridized carbons (Fsp3) is 0.429. The monoisotopic (exact) mass is 278 g/mol. The van der Waals surface area contributed by atoms with Gasteiger partial charge in [-0.25, -0.2) is 4.99 Å². The smallest absolute Gasteiger partial charge is 0.205 e. The molecule has 0 saturated heterocycles. The van der Waals surface area contributed by atoms with E-state index in [-0.39, 0.29) is 12.3 Å². The van der Waals surface area contributed by atoms with E-state index in [0.29, 0.717) is 17.3 Å². The summed E-state index contributed by atoms with van der Waals surface area (Å²) in [6.07, 6.45) is 1.85. The van der Waals surface area contributed by atoms with Crippen molar-refractivity contribution < 1.29 is 9.53 Å². The van der Waals surface area contributed by atoms with E-state index in [2.05, 4.69) is 4.99 Å². The second-order valence-corrected chi connectivity index (χ2v) is 5.32. The molecular formula is C14H15ClN2O2. The fourth-order valence-electron chi connectivity index (χ4n) is 2.91. The molecule has 1 unspecified atom stereocenters. The lowest BCUT2D eigenvalue weighted by molar-refractivity contribution is -0.137. The molecule has 1 fully saturated rings. The molecule has 1 saturated carbocycles. The van der Waals surface area contributed by atoms with Crippen LogP contribution >= 0.6 is 11.6 Å². The Morgan fingerprint density at radius 2 is 2.26 bits per heavy atom. The van der Waals surface area contributed by atoms with E-state index in [1.165, 1.54) is 0 Å². The number of aliphatic imine (C=N–C) groups is 1. The minimum Gasteiger partial charge on any atom is -0.469 e. The molecule has 2 aliphatic rings. The van der Waals surface area contributed by atoms with E-state index in [4.69, 9.17) is 22.1 Å². The first kappa shape index (κ1) is 12.6. The average Bonchev–Trinajstić information content (AvgIpc) is 2.40. The van der Waals surface area contributed by atoms with Gasteiger partial charge < -0.3 is 10.5 Å². The molecule has 0 radical (unpaired) electrons. The highest BCUT2D eigenvalue weighted by molar-refractivity contribution is 6.32. The SMILES string of the molecule is NCC1=NC2(c3ccccc3Cl)CCC[C@H](O1)C2=O. The zero-order valence-corrected chi connectivity index (χ0v) is 11.2. The molecule has 1 aliphatic carbocycles. The van der Waals surface area contributed by atoms with Gasteiger partial charge in [0.15, 0.2) is 17.5 Å². The van der Waals surface area contributed by atoms with Crippen molar-refractivity contribution in [3.05, 3.63) is 34.9 Å². The number of fused-ring (bicyclic) bond motifs is 2. The van der Waals surface area contributed by atoms with Crippen LogP contribution in [0.5, 0.6) is 0 Å². The van der Waals surface area contributed by atoms with Crippen LogP contribution in [0.2, 0.25) is 5.02 Å². The van der Waals surface area contributed by atoms with Crippen molar-refractivity contribution in [2.24, 2.45) is 10.7 Å². The first-order chi connectivity index (χ1) is 9.17. The number of ketones is 1. The van der Waals surface area contributed by atoms with Gasteiger partial charge in [0, 0.05) is 10.6 Å². The van der Waals surface area contributed by atoms with Gasteiger partial charge in [-0.2, -0.15) is 0 Å². The topological polar surface area (TPSA) is 64.7 Å². The molecule has 3 rings (SSSR count). The summed E-state index contributed by atoms with van der Waals surface area (Å²) in [7, 11) is 0. The molecule has 2 bridgehead atoms. The van der Waals surface area contributed by atoms with Gasteiger partial charge in [0.25, 0.3) is 0 Å². The Bertz CT molecular complexity index is 558. The fourth-order valence-corrected chi connectivity index (χ4v) is 3.20. The van der Waals surface area contributed by atoms with E-state index in [9.17, 15) is 4.79 Å². The molecule has 0 aromatic heterocycles. The van der Waals surface area contributed by atoms with Crippen molar-refractivity contribution in [1.82, 2.24) is 0 Å². The number of nitrogens with zero attached hydrogens (tertiary/aromatic N) is 1. The van der Waals surface area contributed by atoms with Crippen LogP contribution in [0.3, 0.4) is 0 Å². The summed E-state index contributed by atoms with van der Waals surface area (Å²) >= 11 is 6.26. The van der Waals surface area contributed by atoms with Crippen molar-refractivity contribution in [3.8, 4) is 0 Å². The lowest BCUT2D eigenvalue weighted by Gasteiger charge is -2.41. The molecule has 19 heavy (non-hydrogen) atoms. The number of nitrogens with two attached hydrogens (primary N) is 1. The van der Waals surface area contributed by atoms with Crippen LogP contribution in [0.15, 0.2) is 29.3 Å². The molecule has 1 aromatic carbocycles. The summed E-state index contributed by atoms with van der Waals surface area (Å²) in [4.78, 5) is 17.1. The molecule has 0 spiro atoms. The minimum absolute atomic E-state index is 0.00375. The predicted octanol–water partition coefficient (Wildman–Crippen LogP) is 2.04. The maximum Gasteiger partial charge on any atom is 0.205 e. The van der Waals surface area contributed by atoms with Gasteiger partial charge in [-0.15, -0.1) is 0 Å². The van der Waals surface area contributed by atoms with Crippen LogP contribution in [-0.4, -0.2) is 24.3 Å². The molecule has 1 aromatic rings. The van der Waals surface area contributed by atoms with Crippen LogP contribution < -0.4 is 5.73 Å². The lowest BCUT2D eigenvalue weighted by Crippen LogP contribution is -2.52. The van der Waals surface area contributed by atoms with Crippen molar-refractivity contribution in [1.29, 1.82) is 0 Å². The molecule has 100 valence electrons. The molecule has 1 heterocycles. The molecular weight excluding hydrogens is 264 g/mol. The number of hydrogen-bond acceptors (Lipinski definition) is 4. The summed E-state index contributed by atoms with van der Waals surface area (Å²) < 4.78 is 5.54. The normalized spacial score (nSPS) is 29.7. The van der Waals surface area contributed by atoms with Gasteiger partial charge in [-0.05, 0) is 25.3 Å². The lowest BCUT2D eigenvalue weighted by atomic mass is 9.74. The number of benzene rings is 1. The predicted molar refractivity (Wildman–Crippen MR) is 73.4 cm³/mol. The largest absolute Gasteiger partial charge is 0.469 e. The number of Topliss-reactive ketones (excluding diaryl/α,β-unsaturated/α-hetero) is 1. The van der Waals surface area contributed by atoms with Crippen molar-refractivity contribution in [3.63, 3.8) is 0 Å². The highest BCUT2D eigenvalue weighted by Crippen LogP contribution is 2.44. The summed E-state index contributed by atoms with van der Waals surface area (Å²) in [5, 5.41) is 0.568. The van der Waals surface area contributed by atoms with Gasteiger partial charge >= 0.3 is 0 Å². The minimum atomic E-state index is -0.895. The molecule has 4 nitrogen and oxygen atoms in total. The summed E-state index contributed by atoms with van der Waals surface area (Å²) in [6.45, 7) is 0.204. The number of rotatable bonds is 2. The maximum atomic E-state index is 12.6. The Labute approximate surface area is 116 Å². The van der Waals surface area contributed by atoms with Crippen LogP contribution in [-0.2, 0) is 15.1 Å². The van der Waals surface area contributed by atoms with E-state index < -0.39 is 11.6 Å². The highest BCUT2D eigenvalue weighted by atomic mass is 35.5. The number of halogens is 1. The zero-order chi connectivity index (χ0) is 13.5. The molecule has 5 heteroatoms. The van der Waals surface area contributed by atoms with Crippen molar-refractivity contribution in [2.75, 3.05) is 6.54 Å². The van der Waals surface area contributed by atoms with Crippen LogP contribution in [0, 0.1) is 0 Å². The Kier molecular flexibility index (Phi) is 3.07. The number of carbonyl (C=O) groups excluding carboxylic acids is 1. The van der Waals surface area contributed by atoms with Crippen LogP contribution in [0.25, 0.3) is 0 Å². The van der Waals surface area contributed by atoms with Crippen LogP contribution in [0.1, 0.15) is 24.8 Å². The van der Waals surface area contributed by atoms with E-state index in [0.717, 1.165) is 18.4 Å². The third-order valence-corrected chi connectivity index (χ3v) is 4.12. The number of ether oxygens (including phenoxy) is 1. The Hall–Kier alpha value is -1.39. The first-order valence-electron chi connectivity index (χ1n) is 6.42. The standard InChI is InChI=1S/C14H15ClN2O2/c15-10-5-2-1-4-9(10)14-7-3-6-11(13(14)18)19-12(8-16)17-14/h1-2,4-5,11H,3,6-8,16H2/t11-,14?/m0/s1. The molecule has 2 atom stereocenters. The first-order valence-corrected chi connectivity index (χ1v) is 6.80. The number of hydrogen-bond donors (Lipinski definition) is 1. The van der Waals surface area contributed by atoms with Crippen LogP contribution in [0.4, 0.5) is 0 Å². The van der Waals surface area contributed by atoms with Crippen molar-refractivity contribution in [2.45, 2.75) is 30.9 Å². The molecule has 1 aliphatic heterocycles. The zero-order valence-electron chi connectivity index (χ0n) is 10.4. The second kappa shape index (κ2) is 4.62. The summed E-state index contributed by atoms with van der Waals surface area (Å²) in [5.74, 6) is 0.452. The second-order valence-electron chi connectivity index (χ2n) is 4.91. The van der Waals surface area contributed by atoms with Gasteiger partial charge in [0.2, 0.25) is 5.78 Å². The maximum absolute atomic E-state index is 12.6. The molecule has 0 amide bonds. The quantitative estimate of drug-likeness (QED) is 0.900. The Balaban J connectivity index is 2.18. The third kappa shape index (κ3) is 1.86. The van der Waals surface area contributed by atoms with Gasteiger partial charge in [-0.1, -0.05) is 29.8 Å². The Morgan fingerprint density at radius 3 is 3.00 bits per heavy atom. The average molecular weight is 279 g/mol. The molecule has 2 N–H and O–H groups in total. The van der Waals surface area contributed by atoms with E-state index in [1.54, 1.807) is 6.07 Å². The summed E-state index contributed by atoms with van der Waals surface area (Å²) in [5.41, 5.74) is 5.50. The van der Waals surface area contributed by atoms with Gasteiger partial charge in [0.05, 0.1) is 6.54 Å². The van der Waals surface area contributed by atoms with Gasteiger partial charge in [-0.3, -0.25) is 4.79 Å². The van der Waals surface area contributed by atoms with Gasteiger partial charge in [0.1, 0.15) is 0 Å². The van der Waals surface area contributed by atoms with Crippen molar-refractivity contribution >= 4 is 23.3 Å². The Morgan fingerprint density at radius 1 is 1.47 bits per heavy atom. The number of carbonyl (C=O) groups is 1. The summed E-state index contributed by atoms with van der Waals surface area (Å²) in [6, 6.07) is 7.38. The van der Waals surface area contributed by atoms with E-state index >= 15 is 0 Å². The van der Waals surface area contributed by atoms with E-state index in [1.807, 2.05) is 18.2 Å². The third-order valence-electron chi connectivity index (χ3n) is 3.79. The highest BCUT2D eigenvalue weighted by Gasteiger charge is 2.51.